The molecule has 0 atom stereocenters. The maximum absolute atomic E-state index is 6.37. The van der Waals surface area contributed by atoms with Crippen molar-refractivity contribution >= 4 is 65.4 Å². The Morgan fingerprint density at radius 2 is 0.797 bits per heavy atom. The van der Waals surface area contributed by atoms with Crippen molar-refractivity contribution in [1.82, 2.24) is 19.9 Å². The van der Waals surface area contributed by atoms with Crippen LogP contribution in [0.25, 0.3) is 133 Å². The van der Waals surface area contributed by atoms with E-state index in [2.05, 4.69) is 164 Å². The molecule has 10 aromatic carbocycles. The summed E-state index contributed by atoms with van der Waals surface area (Å²) in [5, 5.41) is 8.74. The molecule has 0 amide bonds. The van der Waals surface area contributed by atoms with Gasteiger partial charge < -0.3 is 8.83 Å². The summed E-state index contributed by atoms with van der Waals surface area (Å²) in [4.78, 5) is 20.4. The van der Waals surface area contributed by atoms with Crippen molar-refractivity contribution in [3.8, 4) is 67.9 Å². The first-order valence-corrected chi connectivity index (χ1v) is 21.4. The Labute approximate surface area is 366 Å². The molecule has 0 fully saturated rings. The molecule has 13 aromatic rings. The largest absolute Gasteiger partial charge is 0.456 e. The Balaban J connectivity index is 0.906. The first-order chi connectivity index (χ1) is 31.7. The van der Waals surface area contributed by atoms with E-state index in [1.54, 1.807) is 0 Å². The van der Waals surface area contributed by atoms with Crippen LogP contribution in [0.2, 0.25) is 0 Å². The summed E-state index contributed by atoms with van der Waals surface area (Å²) in [5.41, 5.74) is 11.4. The number of furan rings is 1. The Morgan fingerprint density at radius 3 is 1.47 bits per heavy atom. The third-order valence-electron chi connectivity index (χ3n) is 12.4. The Morgan fingerprint density at radius 1 is 0.281 bits per heavy atom. The van der Waals surface area contributed by atoms with E-state index in [9.17, 15) is 0 Å². The van der Waals surface area contributed by atoms with Gasteiger partial charge in [-0.2, -0.15) is 0 Å². The van der Waals surface area contributed by atoms with Gasteiger partial charge in [-0.15, -0.1) is 0 Å². The van der Waals surface area contributed by atoms with Crippen molar-refractivity contribution in [3.63, 3.8) is 0 Å². The molecule has 0 radical (unpaired) electrons. The normalized spacial score (nSPS) is 11.8. The summed E-state index contributed by atoms with van der Waals surface area (Å²) >= 11 is 0. The second-order valence-electron chi connectivity index (χ2n) is 16.1. The number of hydrogen-bond acceptors (Lipinski definition) is 6. The number of rotatable bonds is 6. The van der Waals surface area contributed by atoms with Gasteiger partial charge in [-0.05, 0) is 91.0 Å². The summed E-state index contributed by atoms with van der Waals surface area (Å²) in [5.74, 6) is 2.49. The van der Waals surface area contributed by atoms with Crippen LogP contribution >= 0.6 is 0 Å². The summed E-state index contributed by atoms with van der Waals surface area (Å²) < 4.78 is 12.6. The van der Waals surface area contributed by atoms with Crippen LogP contribution in [0.3, 0.4) is 0 Å². The number of hydrogen-bond donors (Lipinski definition) is 0. The molecule has 0 aliphatic carbocycles. The molecule has 6 nitrogen and oxygen atoms in total. The van der Waals surface area contributed by atoms with Gasteiger partial charge in [0.05, 0.1) is 5.39 Å². The van der Waals surface area contributed by atoms with Crippen LogP contribution in [0.15, 0.2) is 215 Å². The summed E-state index contributed by atoms with van der Waals surface area (Å²) in [6.07, 6.45) is 0. The SMILES string of the molecule is c1ccc(-c2nc3c(ccc4oc5ccc(-c6ccc(-c7ccc(-c8nc(-c9cccc%10ccccc9%10)nc(-c9cccc%10ccccc9%10)n8)cc7)c7ccccc67)cc5c43)o2)cc1. The highest BCUT2D eigenvalue weighted by atomic mass is 16.4. The summed E-state index contributed by atoms with van der Waals surface area (Å²) in [7, 11) is 0. The number of nitrogens with zero attached hydrogens (tertiary/aromatic N) is 4. The van der Waals surface area contributed by atoms with Gasteiger partial charge in [-0.25, -0.2) is 19.9 Å². The monoisotopic (exact) mass is 818 g/mol. The molecule has 0 bridgehead atoms. The molecule has 64 heavy (non-hydrogen) atoms. The fourth-order valence-electron chi connectivity index (χ4n) is 9.31. The molecular weight excluding hydrogens is 785 g/mol. The average Bonchev–Trinajstić information content (AvgIpc) is 3.98. The number of fused-ring (bicyclic) bond motifs is 8. The predicted octanol–water partition coefficient (Wildman–Crippen LogP) is 15.4. The second-order valence-corrected chi connectivity index (χ2v) is 16.1. The molecule has 6 heteroatoms. The zero-order valence-electron chi connectivity index (χ0n) is 34.2. The minimum Gasteiger partial charge on any atom is -0.456 e. The minimum absolute atomic E-state index is 0.591. The van der Waals surface area contributed by atoms with Crippen LogP contribution < -0.4 is 0 Å². The van der Waals surface area contributed by atoms with E-state index in [0.29, 0.717) is 23.4 Å². The number of benzene rings is 10. The molecule has 0 saturated carbocycles. The molecule has 0 aliphatic rings. The van der Waals surface area contributed by atoms with E-state index in [1.807, 2.05) is 42.5 Å². The quantitative estimate of drug-likeness (QED) is 0.166. The Kier molecular flexibility index (Phi) is 8.11. The van der Waals surface area contributed by atoms with Gasteiger partial charge in [-0.3, -0.25) is 0 Å². The van der Waals surface area contributed by atoms with Gasteiger partial charge in [0.25, 0.3) is 0 Å². The van der Waals surface area contributed by atoms with Crippen molar-refractivity contribution in [2.24, 2.45) is 0 Å². The predicted molar refractivity (Wildman–Crippen MR) is 260 cm³/mol. The third kappa shape index (κ3) is 5.88. The summed E-state index contributed by atoms with van der Waals surface area (Å²) in [6, 6.07) is 71.3. The minimum atomic E-state index is 0.591. The maximum atomic E-state index is 6.37. The Hall–Kier alpha value is -8.74. The van der Waals surface area contributed by atoms with E-state index in [0.717, 1.165) is 110 Å². The Bertz CT molecular complexity index is 3860. The fraction of sp³-hybridized carbons (Fsp3) is 0. The topological polar surface area (TPSA) is 77.8 Å². The van der Waals surface area contributed by atoms with E-state index in [1.165, 1.54) is 0 Å². The molecule has 3 heterocycles. The van der Waals surface area contributed by atoms with Gasteiger partial charge in [0.2, 0.25) is 5.89 Å². The van der Waals surface area contributed by atoms with Crippen molar-refractivity contribution in [2.75, 3.05) is 0 Å². The number of aromatic nitrogens is 4. The zero-order chi connectivity index (χ0) is 42.1. The lowest BCUT2D eigenvalue weighted by atomic mass is 9.91. The van der Waals surface area contributed by atoms with Gasteiger partial charge in [0.15, 0.2) is 23.1 Å². The smallest absolute Gasteiger partial charge is 0.227 e. The lowest BCUT2D eigenvalue weighted by Gasteiger charge is -2.13. The van der Waals surface area contributed by atoms with Crippen LogP contribution in [0.4, 0.5) is 0 Å². The van der Waals surface area contributed by atoms with Gasteiger partial charge >= 0.3 is 0 Å². The van der Waals surface area contributed by atoms with E-state index >= 15 is 0 Å². The van der Waals surface area contributed by atoms with Crippen molar-refractivity contribution in [1.29, 1.82) is 0 Å². The zero-order valence-corrected chi connectivity index (χ0v) is 34.2. The van der Waals surface area contributed by atoms with Gasteiger partial charge in [0, 0.05) is 27.6 Å². The maximum Gasteiger partial charge on any atom is 0.227 e. The molecule has 0 N–H and O–H groups in total. The standard InChI is InChI=1S/C58H34N4O2/c1-2-14-39(15-3-1)58-59-54-52(64-58)33-32-51-53(54)49-34-40(28-31-50(49)63-51)44-30-29-43(45-20-8-9-21-46(44)45)37-24-26-38(27-25-37)55-60-56(47-22-10-16-35-12-4-6-18-41(35)47)62-57(61-55)48-23-11-17-36-13-5-7-19-42(36)48/h1-34H. The van der Waals surface area contributed by atoms with E-state index in [4.69, 9.17) is 28.8 Å². The highest BCUT2D eigenvalue weighted by Gasteiger charge is 2.19. The van der Waals surface area contributed by atoms with Crippen LogP contribution in [0.1, 0.15) is 0 Å². The number of oxazole rings is 1. The van der Waals surface area contributed by atoms with Gasteiger partial charge in [-0.1, -0.05) is 170 Å². The highest BCUT2D eigenvalue weighted by molar-refractivity contribution is 6.18. The van der Waals surface area contributed by atoms with Crippen LogP contribution in [0, 0.1) is 0 Å². The van der Waals surface area contributed by atoms with Crippen molar-refractivity contribution in [3.05, 3.63) is 206 Å². The average molecular weight is 819 g/mol. The van der Waals surface area contributed by atoms with E-state index < -0.39 is 0 Å². The molecule has 298 valence electrons. The molecule has 13 rings (SSSR count). The van der Waals surface area contributed by atoms with Crippen LogP contribution in [0.5, 0.6) is 0 Å². The molecular formula is C58H34N4O2. The second kappa shape index (κ2) is 14.4. The van der Waals surface area contributed by atoms with Gasteiger partial charge in [0.1, 0.15) is 16.7 Å². The van der Waals surface area contributed by atoms with Crippen molar-refractivity contribution in [2.45, 2.75) is 0 Å². The lowest BCUT2D eigenvalue weighted by Crippen LogP contribution is -2.01. The molecule has 0 unspecified atom stereocenters. The molecule has 0 saturated heterocycles. The third-order valence-corrected chi connectivity index (χ3v) is 12.4. The summed E-state index contributed by atoms with van der Waals surface area (Å²) in [6.45, 7) is 0. The van der Waals surface area contributed by atoms with Crippen molar-refractivity contribution < 1.29 is 8.83 Å². The first kappa shape index (κ1) is 36.0. The highest BCUT2D eigenvalue weighted by Crippen LogP contribution is 2.41. The van der Waals surface area contributed by atoms with E-state index in [-0.39, 0.29) is 0 Å². The van der Waals surface area contributed by atoms with Crippen LogP contribution in [-0.2, 0) is 0 Å². The molecule has 0 spiro atoms. The van der Waals surface area contributed by atoms with Crippen LogP contribution in [-0.4, -0.2) is 19.9 Å². The fourth-order valence-corrected chi connectivity index (χ4v) is 9.31. The molecule has 3 aromatic heterocycles. The first-order valence-electron chi connectivity index (χ1n) is 21.4. The molecule has 0 aliphatic heterocycles. The lowest BCUT2D eigenvalue weighted by molar-refractivity contribution is 0.619.